The van der Waals surface area contributed by atoms with Crippen LogP contribution in [0, 0.1) is 0 Å². The van der Waals surface area contributed by atoms with E-state index in [9.17, 15) is 14.8 Å². The second kappa shape index (κ2) is 5.06. The molecule has 0 radical (unpaired) electrons. The van der Waals surface area contributed by atoms with E-state index in [1.807, 2.05) is 0 Å². The summed E-state index contributed by atoms with van der Waals surface area (Å²) >= 11 is 0. The van der Waals surface area contributed by atoms with Gasteiger partial charge in [0, 0.05) is 12.4 Å². The Bertz CT molecular complexity index is 433. The van der Waals surface area contributed by atoms with Crippen molar-refractivity contribution in [2.24, 2.45) is 0 Å². The predicted octanol–water partition coefficient (Wildman–Crippen LogP) is -1.32. The molecule has 18 heavy (non-hydrogen) atoms. The van der Waals surface area contributed by atoms with E-state index in [2.05, 4.69) is 14.5 Å². The van der Waals surface area contributed by atoms with E-state index in [1.165, 1.54) is 12.4 Å². The van der Waals surface area contributed by atoms with Crippen molar-refractivity contribution < 1.29 is 33.8 Å². The molecule has 1 aromatic rings. The number of rotatable bonds is 4. The Hall–Kier alpha value is -0.800. The third-order valence-electron chi connectivity index (χ3n) is 2.56. The van der Waals surface area contributed by atoms with Gasteiger partial charge in [0.2, 0.25) is 0 Å². The lowest BCUT2D eigenvalue weighted by Gasteiger charge is -2.14. The Kier molecular flexibility index (Phi) is 3.83. The van der Waals surface area contributed by atoms with E-state index >= 15 is 0 Å². The highest BCUT2D eigenvalue weighted by molar-refractivity contribution is 7.46. The molecule has 1 aliphatic heterocycles. The van der Waals surface area contributed by atoms with Crippen molar-refractivity contribution in [3.8, 4) is 0 Å². The van der Waals surface area contributed by atoms with Crippen LogP contribution in [-0.4, -0.2) is 54.9 Å². The number of aliphatic hydroxyl groups excluding tert-OH is 2. The molecule has 4 atom stereocenters. The second-order valence-corrected chi connectivity index (χ2v) is 5.08. The van der Waals surface area contributed by atoms with Gasteiger partial charge in [0.1, 0.15) is 30.2 Å². The van der Waals surface area contributed by atoms with Gasteiger partial charge in [-0.3, -0.25) is 4.52 Å². The highest BCUT2D eigenvalue weighted by Gasteiger charge is 2.45. The van der Waals surface area contributed by atoms with E-state index in [1.54, 1.807) is 0 Å². The average Bonchev–Trinajstić information content (AvgIpc) is 2.87. The molecule has 2 rings (SSSR count). The fourth-order valence-corrected chi connectivity index (χ4v) is 2.06. The molecule has 0 saturated carbocycles. The van der Waals surface area contributed by atoms with E-state index in [0.29, 0.717) is 5.82 Å². The average molecular weight is 280 g/mol. The predicted molar refractivity (Wildman–Crippen MR) is 56.2 cm³/mol. The van der Waals surface area contributed by atoms with Gasteiger partial charge < -0.3 is 29.7 Å². The summed E-state index contributed by atoms with van der Waals surface area (Å²) in [6.07, 6.45) is -1.51. The Balaban J connectivity index is 2.01. The number of nitrogens with zero attached hydrogens (tertiary/aromatic N) is 1. The van der Waals surface area contributed by atoms with Crippen molar-refractivity contribution >= 4 is 7.82 Å². The molecule has 10 heteroatoms. The lowest BCUT2D eigenvalue weighted by molar-refractivity contribution is -0.0245. The zero-order valence-corrected chi connectivity index (χ0v) is 9.97. The summed E-state index contributed by atoms with van der Waals surface area (Å²) in [5.41, 5.74) is 0. The zero-order valence-electron chi connectivity index (χ0n) is 9.08. The lowest BCUT2D eigenvalue weighted by atomic mass is 10.1. The maximum Gasteiger partial charge on any atom is 0.469 e. The summed E-state index contributed by atoms with van der Waals surface area (Å²) < 4.78 is 20.0. The fourth-order valence-electron chi connectivity index (χ4n) is 1.72. The van der Waals surface area contributed by atoms with Gasteiger partial charge in [-0.25, -0.2) is 9.55 Å². The molecule has 0 aliphatic carbocycles. The number of aromatic amines is 1. The number of aliphatic hydroxyl groups is 2. The summed E-state index contributed by atoms with van der Waals surface area (Å²) in [6.45, 7) is -0.528. The van der Waals surface area contributed by atoms with Crippen LogP contribution in [0.1, 0.15) is 11.9 Å². The van der Waals surface area contributed by atoms with Crippen LogP contribution < -0.4 is 0 Å². The first kappa shape index (κ1) is 13.6. The molecule has 0 bridgehead atoms. The van der Waals surface area contributed by atoms with Gasteiger partial charge in [-0.05, 0) is 0 Å². The fraction of sp³-hybridized carbons (Fsp3) is 0.625. The van der Waals surface area contributed by atoms with Gasteiger partial charge in [-0.2, -0.15) is 0 Å². The highest BCUT2D eigenvalue weighted by Crippen LogP contribution is 2.38. The summed E-state index contributed by atoms with van der Waals surface area (Å²) in [7, 11) is -4.64. The van der Waals surface area contributed by atoms with Crippen LogP contribution in [0.15, 0.2) is 12.4 Å². The number of hydrogen-bond donors (Lipinski definition) is 5. The van der Waals surface area contributed by atoms with Crippen molar-refractivity contribution in [1.82, 2.24) is 9.97 Å². The van der Waals surface area contributed by atoms with Gasteiger partial charge in [-0.15, -0.1) is 0 Å². The quantitative estimate of drug-likeness (QED) is 0.427. The summed E-state index contributed by atoms with van der Waals surface area (Å²) in [4.78, 5) is 23.7. The molecule has 9 nitrogen and oxygen atoms in total. The number of hydrogen-bond acceptors (Lipinski definition) is 6. The summed E-state index contributed by atoms with van der Waals surface area (Å²) in [5.74, 6) is 0.320. The molecule has 102 valence electrons. The molecule has 5 N–H and O–H groups in total. The summed E-state index contributed by atoms with van der Waals surface area (Å²) in [6, 6.07) is 0. The van der Waals surface area contributed by atoms with Crippen LogP contribution in [0.3, 0.4) is 0 Å². The minimum absolute atomic E-state index is 0.320. The maximum atomic E-state index is 10.5. The van der Waals surface area contributed by atoms with Crippen LogP contribution in [0.25, 0.3) is 0 Å². The molecule has 2 heterocycles. The van der Waals surface area contributed by atoms with E-state index in [0.717, 1.165) is 0 Å². The molecule has 1 unspecified atom stereocenters. The van der Waals surface area contributed by atoms with E-state index < -0.39 is 38.8 Å². The minimum Gasteiger partial charge on any atom is -0.387 e. The van der Waals surface area contributed by atoms with Crippen molar-refractivity contribution in [1.29, 1.82) is 0 Å². The van der Waals surface area contributed by atoms with Crippen molar-refractivity contribution in [2.75, 3.05) is 6.61 Å². The molecule has 0 spiro atoms. The Morgan fingerprint density at radius 2 is 2.17 bits per heavy atom. The largest absolute Gasteiger partial charge is 0.469 e. The van der Waals surface area contributed by atoms with E-state index in [-0.39, 0.29) is 0 Å². The van der Waals surface area contributed by atoms with Crippen LogP contribution in [0.4, 0.5) is 0 Å². The Morgan fingerprint density at radius 1 is 1.44 bits per heavy atom. The number of imidazole rings is 1. The smallest absolute Gasteiger partial charge is 0.387 e. The van der Waals surface area contributed by atoms with Gasteiger partial charge in [0.25, 0.3) is 0 Å². The Labute approximate surface area is 102 Å². The van der Waals surface area contributed by atoms with Crippen LogP contribution >= 0.6 is 7.82 Å². The zero-order chi connectivity index (χ0) is 13.3. The van der Waals surface area contributed by atoms with Crippen LogP contribution in [0.2, 0.25) is 0 Å². The molecule has 1 fully saturated rings. The molecular weight excluding hydrogens is 267 g/mol. The minimum atomic E-state index is -4.64. The highest BCUT2D eigenvalue weighted by atomic mass is 31.2. The first-order valence-electron chi connectivity index (χ1n) is 5.09. The Morgan fingerprint density at radius 3 is 2.72 bits per heavy atom. The van der Waals surface area contributed by atoms with Crippen molar-refractivity contribution in [2.45, 2.75) is 24.4 Å². The summed E-state index contributed by atoms with van der Waals surface area (Å²) in [5, 5.41) is 19.4. The molecule has 0 aromatic carbocycles. The van der Waals surface area contributed by atoms with Crippen LogP contribution in [-0.2, 0) is 13.8 Å². The first-order valence-corrected chi connectivity index (χ1v) is 6.62. The van der Waals surface area contributed by atoms with Crippen LogP contribution in [0.5, 0.6) is 0 Å². The third kappa shape index (κ3) is 2.96. The normalized spacial score (nSPS) is 32.9. The third-order valence-corrected chi connectivity index (χ3v) is 3.04. The van der Waals surface area contributed by atoms with Gasteiger partial charge in [0.15, 0.2) is 0 Å². The SMILES string of the molecule is O=P(O)(O)OC[C@H]1OC(c2ncc[nH]2)[C@H](O)[C@@H]1O. The van der Waals surface area contributed by atoms with Crippen molar-refractivity contribution in [3.05, 3.63) is 18.2 Å². The second-order valence-electron chi connectivity index (χ2n) is 3.84. The first-order chi connectivity index (χ1) is 8.38. The standard InChI is InChI=1S/C8H13N2O7P/c11-5-4(3-16-18(13,14)15)17-7(6(5)12)8-9-1-2-10-8/h1-2,4-7,11-12H,3H2,(H,9,10)(H2,13,14,15)/t4-,5-,6-,7?/m1/s1. The van der Waals surface area contributed by atoms with Gasteiger partial charge in [0.05, 0.1) is 6.61 Å². The number of nitrogens with one attached hydrogen (secondary N) is 1. The number of ether oxygens (including phenoxy) is 1. The molecule has 0 amide bonds. The molecule has 1 aliphatic rings. The van der Waals surface area contributed by atoms with E-state index in [4.69, 9.17) is 14.5 Å². The van der Waals surface area contributed by atoms with Crippen molar-refractivity contribution in [3.63, 3.8) is 0 Å². The maximum absolute atomic E-state index is 10.5. The van der Waals surface area contributed by atoms with Gasteiger partial charge in [-0.1, -0.05) is 0 Å². The monoisotopic (exact) mass is 280 g/mol. The number of aromatic nitrogens is 2. The number of phosphoric ester groups is 1. The number of H-pyrrole nitrogens is 1. The number of phosphoric acid groups is 1. The topological polar surface area (TPSA) is 145 Å². The molecule has 1 aromatic heterocycles. The lowest BCUT2D eigenvalue weighted by Crippen LogP contribution is -2.33. The van der Waals surface area contributed by atoms with Gasteiger partial charge >= 0.3 is 7.82 Å². The molecular formula is C8H13N2O7P. The molecule has 1 saturated heterocycles.